The van der Waals surface area contributed by atoms with E-state index in [1.54, 1.807) is 0 Å². The van der Waals surface area contributed by atoms with Crippen LogP contribution in [0.2, 0.25) is 0 Å². The van der Waals surface area contributed by atoms with E-state index in [2.05, 4.69) is 0 Å². The zero-order chi connectivity index (χ0) is 10.1. The molecule has 4 heteroatoms. The predicted octanol–water partition coefficient (Wildman–Crippen LogP) is 1.23. The fraction of sp³-hybridized carbons (Fsp3) is 0.100. The molecule has 72 valence electrons. The monoisotopic (exact) mass is 190 g/mol. The maximum Gasteiger partial charge on any atom is 0.292 e. The van der Waals surface area contributed by atoms with Crippen LogP contribution in [0.4, 0.5) is 5.88 Å². The van der Waals surface area contributed by atoms with Crippen molar-refractivity contribution in [2.75, 3.05) is 5.73 Å². The summed E-state index contributed by atoms with van der Waals surface area (Å²) in [7, 11) is 1.53. The van der Waals surface area contributed by atoms with E-state index in [-0.39, 0.29) is 11.4 Å². The van der Waals surface area contributed by atoms with E-state index < -0.39 is 0 Å². The van der Waals surface area contributed by atoms with Crippen molar-refractivity contribution in [1.29, 1.82) is 0 Å². The van der Waals surface area contributed by atoms with Gasteiger partial charge in [-0.15, -0.1) is 0 Å². The first kappa shape index (κ1) is 8.62. The molecule has 2 N–H and O–H groups in total. The van der Waals surface area contributed by atoms with Crippen molar-refractivity contribution in [2.45, 2.75) is 0 Å². The van der Waals surface area contributed by atoms with Gasteiger partial charge in [-0.1, -0.05) is 30.3 Å². The number of nitrogens with zero attached hydrogens (tertiary/aromatic N) is 1. The highest BCUT2D eigenvalue weighted by Gasteiger charge is 2.13. The summed E-state index contributed by atoms with van der Waals surface area (Å²) < 4.78 is 6.10. The second kappa shape index (κ2) is 3.06. The molecule has 1 heterocycles. The van der Waals surface area contributed by atoms with Gasteiger partial charge >= 0.3 is 0 Å². The summed E-state index contributed by atoms with van der Waals surface area (Å²) in [6, 6.07) is 9.22. The normalized spacial score (nSPS) is 10.4. The second-order valence-electron chi connectivity index (χ2n) is 3.00. The Kier molecular flexibility index (Phi) is 1.89. The van der Waals surface area contributed by atoms with Crippen molar-refractivity contribution in [2.24, 2.45) is 7.05 Å². The zero-order valence-electron chi connectivity index (χ0n) is 7.73. The van der Waals surface area contributed by atoms with Crippen LogP contribution in [0.1, 0.15) is 0 Å². The van der Waals surface area contributed by atoms with Crippen LogP contribution in [-0.4, -0.2) is 4.74 Å². The minimum atomic E-state index is -0.214. The molecule has 0 spiro atoms. The number of rotatable bonds is 1. The van der Waals surface area contributed by atoms with Gasteiger partial charge in [-0.2, -0.15) is 4.74 Å². The molecule has 1 aromatic heterocycles. The standard InChI is InChI=1S/C10H10N2O2/c1-12-10(13)8(9(11)14-12)7-5-3-2-4-6-7/h2-6H,11H2,1H3. The lowest BCUT2D eigenvalue weighted by Gasteiger charge is -1.94. The topological polar surface area (TPSA) is 61.2 Å². The van der Waals surface area contributed by atoms with Gasteiger partial charge in [-0.25, -0.2) is 0 Å². The molecule has 0 bridgehead atoms. The zero-order valence-corrected chi connectivity index (χ0v) is 7.73. The number of hydrogen-bond donors (Lipinski definition) is 1. The molecule has 0 saturated heterocycles. The van der Waals surface area contributed by atoms with Gasteiger partial charge in [0.05, 0.1) is 0 Å². The molecule has 2 aromatic rings. The third-order valence-electron chi connectivity index (χ3n) is 2.04. The summed E-state index contributed by atoms with van der Waals surface area (Å²) in [6.45, 7) is 0. The maximum atomic E-state index is 11.6. The lowest BCUT2D eigenvalue weighted by Crippen LogP contribution is -2.11. The van der Waals surface area contributed by atoms with Gasteiger partial charge in [0.15, 0.2) is 0 Å². The predicted molar refractivity (Wildman–Crippen MR) is 53.8 cm³/mol. The van der Waals surface area contributed by atoms with Crippen molar-refractivity contribution in [1.82, 2.24) is 4.74 Å². The van der Waals surface area contributed by atoms with Gasteiger partial charge in [0.1, 0.15) is 5.56 Å². The Balaban J connectivity index is 2.69. The van der Waals surface area contributed by atoms with Gasteiger partial charge in [-0.3, -0.25) is 4.79 Å². The van der Waals surface area contributed by atoms with Crippen molar-refractivity contribution >= 4 is 5.88 Å². The number of aryl methyl sites for hydroxylation is 1. The molecule has 0 saturated carbocycles. The van der Waals surface area contributed by atoms with Crippen LogP contribution in [0.3, 0.4) is 0 Å². The minimum Gasteiger partial charge on any atom is -0.367 e. The summed E-state index contributed by atoms with van der Waals surface area (Å²) in [6.07, 6.45) is 0. The summed E-state index contributed by atoms with van der Waals surface area (Å²) in [5.41, 5.74) is 6.57. The highest BCUT2D eigenvalue weighted by atomic mass is 16.5. The Morgan fingerprint density at radius 3 is 2.43 bits per heavy atom. The molecule has 0 aliphatic rings. The van der Waals surface area contributed by atoms with Crippen molar-refractivity contribution in [3.05, 3.63) is 40.7 Å². The third-order valence-corrected chi connectivity index (χ3v) is 2.04. The van der Waals surface area contributed by atoms with E-state index in [1.165, 1.54) is 7.05 Å². The second-order valence-corrected chi connectivity index (χ2v) is 3.00. The number of anilines is 1. The molecule has 0 aliphatic heterocycles. The van der Waals surface area contributed by atoms with E-state index in [0.29, 0.717) is 5.56 Å². The molecule has 0 fully saturated rings. The average Bonchev–Trinajstić information content (AvgIpc) is 2.43. The molecule has 0 atom stereocenters. The lowest BCUT2D eigenvalue weighted by atomic mass is 10.1. The molecular weight excluding hydrogens is 180 g/mol. The average molecular weight is 190 g/mol. The van der Waals surface area contributed by atoms with Crippen LogP contribution in [0.25, 0.3) is 11.1 Å². The Morgan fingerprint density at radius 2 is 1.93 bits per heavy atom. The molecule has 0 radical (unpaired) electrons. The number of aromatic nitrogens is 1. The van der Waals surface area contributed by atoms with Crippen LogP contribution < -0.4 is 11.3 Å². The minimum absolute atomic E-state index is 0.156. The number of nitrogens with two attached hydrogens (primary N) is 1. The summed E-state index contributed by atoms with van der Waals surface area (Å²) in [5.74, 6) is 0.156. The number of hydrogen-bond acceptors (Lipinski definition) is 3. The molecular formula is C10H10N2O2. The highest BCUT2D eigenvalue weighted by molar-refractivity contribution is 5.71. The fourth-order valence-electron chi connectivity index (χ4n) is 1.37. The van der Waals surface area contributed by atoms with Crippen LogP contribution in [0, 0.1) is 0 Å². The van der Waals surface area contributed by atoms with Crippen LogP contribution in [0.5, 0.6) is 0 Å². The summed E-state index contributed by atoms with van der Waals surface area (Å²) in [5, 5.41) is 0. The van der Waals surface area contributed by atoms with Crippen molar-refractivity contribution in [3.8, 4) is 11.1 Å². The Labute approximate surface area is 80.5 Å². The quantitative estimate of drug-likeness (QED) is 0.735. The fourth-order valence-corrected chi connectivity index (χ4v) is 1.37. The van der Waals surface area contributed by atoms with E-state index in [9.17, 15) is 4.79 Å². The van der Waals surface area contributed by atoms with Gasteiger partial charge in [0.2, 0.25) is 5.88 Å². The van der Waals surface area contributed by atoms with Crippen LogP contribution >= 0.6 is 0 Å². The largest absolute Gasteiger partial charge is 0.367 e. The number of benzene rings is 1. The molecule has 0 amide bonds. The van der Waals surface area contributed by atoms with Crippen LogP contribution in [0.15, 0.2) is 39.6 Å². The van der Waals surface area contributed by atoms with Crippen LogP contribution in [-0.2, 0) is 7.05 Å². The Hall–Kier alpha value is -1.97. The molecule has 1 aromatic carbocycles. The third kappa shape index (κ3) is 1.21. The van der Waals surface area contributed by atoms with Crippen molar-refractivity contribution in [3.63, 3.8) is 0 Å². The van der Waals surface area contributed by atoms with E-state index in [0.717, 1.165) is 10.3 Å². The molecule has 4 nitrogen and oxygen atoms in total. The molecule has 14 heavy (non-hydrogen) atoms. The van der Waals surface area contributed by atoms with E-state index >= 15 is 0 Å². The van der Waals surface area contributed by atoms with Gasteiger partial charge in [-0.05, 0) is 5.56 Å². The number of nitrogen functional groups attached to an aromatic ring is 1. The Morgan fingerprint density at radius 1 is 1.29 bits per heavy atom. The Bertz CT molecular complexity index is 497. The maximum absolute atomic E-state index is 11.6. The van der Waals surface area contributed by atoms with Gasteiger partial charge in [0, 0.05) is 7.05 Å². The smallest absolute Gasteiger partial charge is 0.292 e. The van der Waals surface area contributed by atoms with Gasteiger partial charge in [0.25, 0.3) is 5.56 Å². The summed E-state index contributed by atoms with van der Waals surface area (Å²) >= 11 is 0. The highest BCUT2D eigenvalue weighted by Crippen LogP contribution is 2.21. The van der Waals surface area contributed by atoms with E-state index in [1.807, 2.05) is 30.3 Å². The first-order chi connectivity index (χ1) is 6.70. The molecule has 2 rings (SSSR count). The molecule has 0 aliphatic carbocycles. The van der Waals surface area contributed by atoms with Gasteiger partial charge < -0.3 is 10.3 Å². The molecule has 0 unspecified atom stereocenters. The first-order valence-corrected chi connectivity index (χ1v) is 4.21. The summed E-state index contributed by atoms with van der Waals surface area (Å²) in [4.78, 5) is 11.6. The SMILES string of the molecule is Cn1oc(N)c(-c2ccccc2)c1=O. The van der Waals surface area contributed by atoms with Crippen molar-refractivity contribution < 1.29 is 4.52 Å². The van der Waals surface area contributed by atoms with E-state index in [4.69, 9.17) is 10.3 Å². The lowest BCUT2D eigenvalue weighted by molar-refractivity contribution is 0.310. The first-order valence-electron chi connectivity index (χ1n) is 4.21.